The molecule has 3 heteroatoms. The van der Waals surface area contributed by atoms with Crippen LogP contribution in [0.4, 0.5) is 0 Å². The van der Waals surface area contributed by atoms with Crippen molar-refractivity contribution in [3.63, 3.8) is 0 Å². The molecule has 0 bridgehead atoms. The molecule has 1 aromatic heterocycles. The quantitative estimate of drug-likeness (QED) is 0.791. The first-order valence-electron chi connectivity index (χ1n) is 5.30. The first kappa shape index (κ1) is 10.7. The van der Waals surface area contributed by atoms with Gasteiger partial charge >= 0.3 is 0 Å². The van der Waals surface area contributed by atoms with E-state index in [4.69, 9.17) is 9.47 Å². The van der Waals surface area contributed by atoms with Crippen LogP contribution in [0.3, 0.4) is 0 Å². The second-order valence-electron chi connectivity index (χ2n) is 3.84. The lowest BCUT2D eigenvalue weighted by Gasteiger charge is -2.12. The smallest absolute Gasteiger partial charge is 0.221 e. The highest BCUT2D eigenvalue weighted by Gasteiger charge is 2.09. The van der Waals surface area contributed by atoms with E-state index in [1.807, 2.05) is 38.1 Å². The van der Waals surface area contributed by atoms with Gasteiger partial charge < -0.3 is 9.47 Å². The zero-order valence-corrected chi connectivity index (χ0v) is 9.73. The fourth-order valence-electron chi connectivity index (χ4n) is 1.62. The summed E-state index contributed by atoms with van der Waals surface area (Å²) in [6, 6.07) is 7.94. The minimum absolute atomic E-state index is 0.115. The maximum Gasteiger partial charge on any atom is 0.221 e. The maximum absolute atomic E-state index is 5.66. The average molecular weight is 217 g/mol. The zero-order valence-electron chi connectivity index (χ0n) is 9.73. The van der Waals surface area contributed by atoms with Crippen LogP contribution < -0.4 is 9.47 Å². The molecule has 0 aliphatic rings. The maximum atomic E-state index is 5.66. The Morgan fingerprint density at radius 3 is 2.44 bits per heavy atom. The Morgan fingerprint density at radius 1 is 1.12 bits per heavy atom. The van der Waals surface area contributed by atoms with Gasteiger partial charge in [-0.3, -0.25) is 0 Å². The predicted molar refractivity (Wildman–Crippen MR) is 64.1 cm³/mol. The van der Waals surface area contributed by atoms with Crippen molar-refractivity contribution in [1.82, 2.24) is 4.98 Å². The van der Waals surface area contributed by atoms with E-state index >= 15 is 0 Å². The third-order valence-corrected chi connectivity index (χ3v) is 2.29. The van der Waals surface area contributed by atoms with Crippen LogP contribution in [-0.2, 0) is 0 Å². The van der Waals surface area contributed by atoms with Crippen LogP contribution >= 0.6 is 0 Å². The number of hydrogen-bond donors (Lipinski definition) is 0. The first-order chi connectivity index (χ1) is 7.72. The van der Waals surface area contributed by atoms with Gasteiger partial charge in [-0.25, -0.2) is 4.98 Å². The van der Waals surface area contributed by atoms with Gasteiger partial charge in [-0.1, -0.05) is 18.2 Å². The third-order valence-electron chi connectivity index (χ3n) is 2.29. The Hall–Kier alpha value is -1.77. The van der Waals surface area contributed by atoms with Crippen molar-refractivity contribution in [1.29, 1.82) is 0 Å². The number of benzene rings is 1. The third kappa shape index (κ3) is 1.94. The number of pyridine rings is 1. The van der Waals surface area contributed by atoms with Crippen molar-refractivity contribution in [2.24, 2.45) is 0 Å². The van der Waals surface area contributed by atoms with Crippen molar-refractivity contribution in [2.45, 2.75) is 20.0 Å². The van der Waals surface area contributed by atoms with Gasteiger partial charge in [-0.2, -0.15) is 0 Å². The van der Waals surface area contributed by atoms with Crippen LogP contribution in [0.25, 0.3) is 10.8 Å². The molecule has 0 radical (unpaired) electrons. The molecule has 0 amide bonds. The lowest BCUT2D eigenvalue weighted by Crippen LogP contribution is -2.07. The number of methoxy groups -OCH3 is 1. The number of nitrogens with zero attached hydrogens (tertiary/aromatic N) is 1. The molecule has 0 atom stereocenters. The van der Waals surface area contributed by atoms with Crippen molar-refractivity contribution in [3.05, 3.63) is 30.5 Å². The van der Waals surface area contributed by atoms with Gasteiger partial charge in [0.1, 0.15) is 5.75 Å². The summed E-state index contributed by atoms with van der Waals surface area (Å²) in [6.45, 7) is 3.97. The van der Waals surface area contributed by atoms with Crippen LogP contribution in [0, 0.1) is 0 Å². The summed E-state index contributed by atoms with van der Waals surface area (Å²) in [4.78, 5) is 4.27. The van der Waals surface area contributed by atoms with Crippen molar-refractivity contribution < 1.29 is 9.47 Å². The molecule has 0 fully saturated rings. The number of hydrogen-bond acceptors (Lipinski definition) is 3. The molecular weight excluding hydrogens is 202 g/mol. The van der Waals surface area contributed by atoms with Crippen LogP contribution in [0.2, 0.25) is 0 Å². The highest BCUT2D eigenvalue weighted by molar-refractivity contribution is 5.91. The zero-order chi connectivity index (χ0) is 11.5. The van der Waals surface area contributed by atoms with Crippen LogP contribution in [0.1, 0.15) is 13.8 Å². The van der Waals surface area contributed by atoms with Crippen LogP contribution in [0.15, 0.2) is 30.5 Å². The van der Waals surface area contributed by atoms with E-state index < -0.39 is 0 Å². The molecule has 2 rings (SSSR count). The molecule has 0 spiro atoms. The van der Waals surface area contributed by atoms with E-state index in [1.165, 1.54) is 0 Å². The van der Waals surface area contributed by atoms with Crippen LogP contribution in [-0.4, -0.2) is 18.2 Å². The Kier molecular flexibility index (Phi) is 2.95. The average Bonchev–Trinajstić information content (AvgIpc) is 2.29. The SMILES string of the molecule is COc1cnc(OC(C)C)c2ccccc12. The van der Waals surface area contributed by atoms with Gasteiger partial charge in [0, 0.05) is 10.8 Å². The van der Waals surface area contributed by atoms with E-state index in [9.17, 15) is 0 Å². The molecule has 2 aromatic rings. The van der Waals surface area contributed by atoms with E-state index in [2.05, 4.69) is 4.98 Å². The molecule has 0 saturated heterocycles. The molecule has 16 heavy (non-hydrogen) atoms. The second-order valence-corrected chi connectivity index (χ2v) is 3.84. The number of aromatic nitrogens is 1. The number of rotatable bonds is 3. The van der Waals surface area contributed by atoms with Crippen molar-refractivity contribution in [3.8, 4) is 11.6 Å². The molecule has 3 nitrogen and oxygen atoms in total. The molecule has 1 heterocycles. The molecule has 0 saturated carbocycles. The predicted octanol–water partition coefficient (Wildman–Crippen LogP) is 3.03. The summed E-state index contributed by atoms with van der Waals surface area (Å²) in [5.74, 6) is 1.43. The minimum atomic E-state index is 0.115. The fraction of sp³-hybridized carbons (Fsp3) is 0.308. The van der Waals surface area contributed by atoms with Crippen molar-refractivity contribution >= 4 is 10.8 Å². The molecule has 84 valence electrons. The Labute approximate surface area is 95.0 Å². The Morgan fingerprint density at radius 2 is 1.81 bits per heavy atom. The highest BCUT2D eigenvalue weighted by Crippen LogP contribution is 2.30. The summed E-state index contributed by atoms with van der Waals surface area (Å²) in [5, 5.41) is 2.01. The highest BCUT2D eigenvalue weighted by atomic mass is 16.5. The second kappa shape index (κ2) is 4.39. The van der Waals surface area contributed by atoms with Gasteiger partial charge in [-0.15, -0.1) is 0 Å². The van der Waals surface area contributed by atoms with Gasteiger partial charge in [0.05, 0.1) is 19.4 Å². The van der Waals surface area contributed by atoms with E-state index in [0.717, 1.165) is 16.5 Å². The number of fused-ring (bicyclic) bond motifs is 1. The largest absolute Gasteiger partial charge is 0.494 e. The first-order valence-corrected chi connectivity index (χ1v) is 5.30. The van der Waals surface area contributed by atoms with Gasteiger partial charge in [0.2, 0.25) is 5.88 Å². The number of ether oxygens (including phenoxy) is 2. The summed E-state index contributed by atoms with van der Waals surface area (Å²) in [5.41, 5.74) is 0. The lowest BCUT2D eigenvalue weighted by atomic mass is 10.1. The molecule has 0 aliphatic heterocycles. The van der Waals surface area contributed by atoms with Gasteiger partial charge in [0.25, 0.3) is 0 Å². The fourth-order valence-corrected chi connectivity index (χ4v) is 1.62. The standard InChI is InChI=1S/C13H15NO2/c1-9(2)16-13-11-7-5-4-6-10(11)12(15-3)8-14-13/h4-9H,1-3H3. The summed E-state index contributed by atoms with van der Waals surface area (Å²) < 4.78 is 10.9. The Bertz CT molecular complexity index is 494. The molecule has 0 N–H and O–H groups in total. The van der Waals surface area contributed by atoms with E-state index in [0.29, 0.717) is 5.88 Å². The van der Waals surface area contributed by atoms with E-state index in [-0.39, 0.29) is 6.10 Å². The lowest BCUT2D eigenvalue weighted by molar-refractivity contribution is 0.235. The summed E-state index contributed by atoms with van der Waals surface area (Å²) in [7, 11) is 1.65. The normalized spacial score (nSPS) is 10.8. The minimum Gasteiger partial charge on any atom is -0.494 e. The molecule has 0 unspecified atom stereocenters. The summed E-state index contributed by atoms with van der Waals surface area (Å²) >= 11 is 0. The topological polar surface area (TPSA) is 31.4 Å². The Balaban J connectivity index is 2.60. The van der Waals surface area contributed by atoms with Crippen molar-refractivity contribution in [2.75, 3.05) is 7.11 Å². The van der Waals surface area contributed by atoms with E-state index in [1.54, 1.807) is 13.3 Å². The van der Waals surface area contributed by atoms with Gasteiger partial charge in [0.15, 0.2) is 0 Å². The van der Waals surface area contributed by atoms with Crippen LogP contribution in [0.5, 0.6) is 11.6 Å². The molecule has 0 aliphatic carbocycles. The summed E-state index contributed by atoms with van der Waals surface area (Å²) in [6.07, 6.45) is 1.81. The van der Waals surface area contributed by atoms with Gasteiger partial charge in [-0.05, 0) is 19.9 Å². The molecular formula is C13H15NO2. The monoisotopic (exact) mass is 217 g/mol. The molecule has 1 aromatic carbocycles.